The van der Waals surface area contributed by atoms with Crippen LogP contribution in [-0.4, -0.2) is 37.5 Å². The van der Waals surface area contributed by atoms with Gasteiger partial charge in [0.1, 0.15) is 0 Å². The molecule has 1 saturated heterocycles. The number of rotatable bonds is 6. The third kappa shape index (κ3) is 4.66. The van der Waals surface area contributed by atoms with Crippen molar-refractivity contribution in [2.45, 2.75) is 25.3 Å². The molecule has 1 fully saturated rings. The van der Waals surface area contributed by atoms with Gasteiger partial charge in [0, 0.05) is 6.54 Å². The number of hydrogen-bond donors (Lipinski definition) is 3. The first-order chi connectivity index (χ1) is 9.75. The van der Waals surface area contributed by atoms with Gasteiger partial charge in [-0.3, -0.25) is 9.59 Å². The lowest BCUT2D eigenvalue weighted by atomic mass is 10.1. The summed E-state index contributed by atoms with van der Waals surface area (Å²) in [4.78, 5) is 23.3. The minimum absolute atomic E-state index is 0.0474. The van der Waals surface area contributed by atoms with Crippen molar-refractivity contribution in [1.29, 1.82) is 0 Å². The summed E-state index contributed by atoms with van der Waals surface area (Å²) in [6, 6.07) is 9.85. The van der Waals surface area contributed by atoms with Gasteiger partial charge in [-0.1, -0.05) is 30.3 Å². The summed E-state index contributed by atoms with van der Waals surface area (Å²) < 4.78 is 0. The molecule has 0 saturated carbocycles. The van der Waals surface area contributed by atoms with Gasteiger partial charge < -0.3 is 16.0 Å². The van der Waals surface area contributed by atoms with Crippen LogP contribution in [0.2, 0.25) is 0 Å². The minimum Gasteiger partial charge on any atom is -0.354 e. The average molecular weight is 275 g/mol. The fraction of sp³-hybridized carbons (Fsp3) is 0.467. The zero-order valence-electron chi connectivity index (χ0n) is 11.5. The van der Waals surface area contributed by atoms with Crippen molar-refractivity contribution < 1.29 is 9.59 Å². The zero-order chi connectivity index (χ0) is 14.2. The molecule has 0 bridgehead atoms. The van der Waals surface area contributed by atoms with Gasteiger partial charge in [0.2, 0.25) is 11.8 Å². The first-order valence-corrected chi connectivity index (χ1v) is 7.07. The summed E-state index contributed by atoms with van der Waals surface area (Å²) in [5.74, 6) is -0.229. The molecule has 1 aromatic rings. The molecule has 0 radical (unpaired) electrons. The van der Waals surface area contributed by atoms with Gasteiger partial charge in [-0.15, -0.1) is 0 Å². The molecule has 5 heteroatoms. The quantitative estimate of drug-likeness (QED) is 0.695. The summed E-state index contributed by atoms with van der Waals surface area (Å²) in [6.45, 7) is 1.51. The molecule has 108 valence electrons. The molecule has 0 aromatic heterocycles. The van der Waals surface area contributed by atoms with Crippen LogP contribution in [0.4, 0.5) is 0 Å². The fourth-order valence-electron chi connectivity index (χ4n) is 2.25. The van der Waals surface area contributed by atoms with E-state index in [1.807, 2.05) is 30.3 Å². The molecule has 5 nitrogen and oxygen atoms in total. The van der Waals surface area contributed by atoms with Crippen LogP contribution in [0.1, 0.15) is 18.4 Å². The second-order valence-corrected chi connectivity index (χ2v) is 4.95. The Hall–Kier alpha value is -1.88. The Bertz CT molecular complexity index is 442. The van der Waals surface area contributed by atoms with E-state index in [1.54, 1.807) is 0 Å². The van der Waals surface area contributed by atoms with Crippen molar-refractivity contribution >= 4 is 11.8 Å². The average Bonchev–Trinajstić information content (AvgIpc) is 3.00. The molecular weight excluding hydrogens is 254 g/mol. The predicted molar refractivity (Wildman–Crippen MR) is 77.2 cm³/mol. The fourth-order valence-corrected chi connectivity index (χ4v) is 2.25. The second-order valence-electron chi connectivity index (χ2n) is 4.95. The first-order valence-electron chi connectivity index (χ1n) is 7.07. The second kappa shape index (κ2) is 7.65. The number of amides is 2. The Balaban J connectivity index is 1.59. The summed E-state index contributed by atoms with van der Waals surface area (Å²) in [5, 5.41) is 8.56. The molecule has 20 heavy (non-hydrogen) atoms. The third-order valence-corrected chi connectivity index (χ3v) is 3.38. The van der Waals surface area contributed by atoms with Gasteiger partial charge in [0.25, 0.3) is 0 Å². The van der Waals surface area contributed by atoms with Crippen molar-refractivity contribution in [1.82, 2.24) is 16.0 Å². The Morgan fingerprint density at radius 1 is 1.20 bits per heavy atom. The molecule has 2 amide bonds. The number of carbonyl (C=O) groups excluding carboxylic acids is 2. The van der Waals surface area contributed by atoms with E-state index in [0.717, 1.165) is 25.8 Å². The van der Waals surface area contributed by atoms with Gasteiger partial charge in [0.05, 0.1) is 12.6 Å². The molecule has 3 N–H and O–H groups in total. The molecule has 1 aliphatic heterocycles. The van der Waals surface area contributed by atoms with E-state index < -0.39 is 0 Å². The summed E-state index contributed by atoms with van der Waals surface area (Å²) >= 11 is 0. The highest BCUT2D eigenvalue weighted by Gasteiger charge is 2.21. The van der Waals surface area contributed by atoms with Gasteiger partial charge in [-0.05, 0) is 31.4 Å². The van der Waals surface area contributed by atoms with Crippen LogP contribution in [-0.2, 0) is 16.0 Å². The van der Waals surface area contributed by atoms with E-state index >= 15 is 0 Å². The lowest BCUT2D eigenvalue weighted by molar-refractivity contribution is -0.127. The monoisotopic (exact) mass is 275 g/mol. The maximum atomic E-state index is 11.7. The Morgan fingerprint density at radius 3 is 2.70 bits per heavy atom. The largest absolute Gasteiger partial charge is 0.354 e. The van der Waals surface area contributed by atoms with E-state index in [4.69, 9.17) is 0 Å². The van der Waals surface area contributed by atoms with Crippen LogP contribution >= 0.6 is 0 Å². The van der Waals surface area contributed by atoms with Gasteiger partial charge in [-0.25, -0.2) is 0 Å². The van der Waals surface area contributed by atoms with Crippen molar-refractivity contribution in [3.05, 3.63) is 35.9 Å². The number of carbonyl (C=O) groups is 2. The highest BCUT2D eigenvalue weighted by atomic mass is 16.2. The van der Waals surface area contributed by atoms with Crippen LogP contribution in [0.15, 0.2) is 30.3 Å². The standard InChI is InChI=1S/C15H21N3O2/c19-14(11-18-15(20)13-7-4-9-16-13)17-10-8-12-5-2-1-3-6-12/h1-3,5-6,13,16H,4,7-11H2,(H,17,19)(H,18,20). The number of nitrogens with one attached hydrogen (secondary N) is 3. The molecule has 1 heterocycles. The van der Waals surface area contributed by atoms with E-state index in [0.29, 0.717) is 6.54 Å². The normalized spacial score (nSPS) is 17.7. The summed E-state index contributed by atoms with van der Waals surface area (Å²) in [7, 11) is 0. The van der Waals surface area contributed by atoms with Crippen LogP contribution in [0.25, 0.3) is 0 Å². The van der Waals surface area contributed by atoms with Crippen LogP contribution in [0, 0.1) is 0 Å². The Labute approximate surface area is 119 Å². The van der Waals surface area contributed by atoms with Crippen molar-refractivity contribution in [3.63, 3.8) is 0 Å². The van der Waals surface area contributed by atoms with E-state index in [2.05, 4.69) is 16.0 Å². The lowest BCUT2D eigenvalue weighted by Crippen LogP contribution is -2.44. The summed E-state index contributed by atoms with van der Waals surface area (Å²) in [6.07, 6.45) is 2.66. The summed E-state index contributed by atoms with van der Waals surface area (Å²) in [5.41, 5.74) is 1.19. The van der Waals surface area contributed by atoms with Crippen molar-refractivity contribution in [2.75, 3.05) is 19.6 Å². The Morgan fingerprint density at radius 2 is 2.00 bits per heavy atom. The number of hydrogen-bond acceptors (Lipinski definition) is 3. The number of benzene rings is 1. The molecular formula is C15H21N3O2. The van der Waals surface area contributed by atoms with E-state index in [-0.39, 0.29) is 24.4 Å². The van der Waals surface area contributed by atoms with Crippen LogP contribution < -0.4 is 16.0 Å². The first kappa shape index (κ1) is 14.5. The van der Waals surface area contributed by atoms with Gasteiger partial charge in [0.15, 0.2) is 0 Å². The molecule has 1 unspecified atom stereocenters. The highest BCUT2D eigenvalue weighted by Crippen LogP contribution is 2.04. The molecule has 0 spiro atoms. The van der Waals surface area contributed by atoms with E-state index in [9.17, 15) is 9.59 Å². The van der Waals surface area contributed by atoms with Crippen molar-refractivity contribution in [2.24, 2.45) is 0 Å². The maximum Gasteiger partial charge on any atom is 0.239 e. The van der Waals surface area contributed by atoms with E-state index in [1.165, 1.54) is 5.56 Å². The van der Waals surface area contributed by atoms with Gasteiger partial charge >= 0.3 is 0 Å². The molecule has 1 aliphatic rings. The topological polar surface area (TPSA) is 70.2 Å². The highest BCUT2D eigenvalue weighted by molar-refractivity contribution is 5.87. The van der Waals surface area contributed by atoms with Gasteiger partial charge in [-0.2, -0.15) is 0 Å². The smallest absolute Gasteiger partial charge is 0.239 e. The lowest BCUT2D eigenvalue weighted by Gasteiger charge is -2.11. The Kier molecular flexibility index (Phi) is 5.55. The molecule has 0 aliphatic carbocycles. The third-order valence-electron chi connectivity index (χ3n) is 3.38. The molecule has 1 aromatic carbocycles. The predicted octanol–water partition coefficient (Wildman–Crippen LogP) is 0.214. The SMILES string of the molecule is O=C(CNC(=O)C1CCCN1)NCCc1ccccc1. The minimum atomic E-state index is -0.146. The molecule has 1 atom stereocenters. The zero-order valence-corrected chi connectivity index (χ0v) is 11.5. The van der Waals surface area contributed by atoms with Crippen molar-refractivity contribution in [3.8, 4) is 0 Å². The van der Waals surface area contributed by atoms with Crippen LogP contribution in [0.5, 0.6) is 0 Å². The molecule has 2 rings (SSSR count). The maximum absolute atomic E-state index is 11.7. The van der Waals surface area contributed by atoms with Crippen LogP contribution in [0.3, 0.4) is 0 Å².